The molecule has 0 atom stereocenters. The predicted octanol–water partition coefficient (Wildman–Crippen LogP) is 3.01. The van der Waals surface area contributed by atoms with E-state index in [4.69, 9.17) is 4.74 Å². The highest BCUT2D eigenvalue weighted by molar-refractivity contribution is 5.94. The van der Waals surface area contributed by atoms with E-state index in [2.05, 4.69) is 5.32 Å². The van der Waals surface area contributed by atoms with Crippen molar-refractivity contribution in [2.75, 3.05) is 26.5 Å². The van der Waals surface area contributed by atoms with Gasteiger partial charge in [0.15, 0.2) is 0 Å². The Morgan fingerprint density at radius 1 is 1.19 bits per heavy atom. The molecule has 2 aromatic rings. The number of benzene rings is 2. The van der Waals surface area contributed by atoms with Crippen LogP contribution in [0.4, 0.5) is 5.69 Å². The molecule has 4 nitrogen and oxygen atoms in total. The first-order chi connectivity index (χ1) is 10.1. The predicted molar refractivity (Wildman–Crippen MR) is 84.8 cm³/mol. The van der Waals surface area contributed by atoms with Crippen molar-refractivity contribution < 1.29 is 9.53 Å². The maximum Gasteiger partial charge on any atom is 0.253 e. The summed E-state index contributed by atoms with van der Waals surface area (Å²) in [6.45, 7) is 0.545. The Morgan fingerprint density at radius 3 is 2.52 bits per heavy atom. The lowest BCUT2D eigenvalue weighted by atomic mass is 10.1. The average molecular weight is 284 g/mol. The van der Waals surface area contributed by atoms with Crippen LogP contribution in [0.3, 0.4) is 0 Å². The highest BCUT2D eigenvalue weighted by atomic mass is 16.5. The van der Waals surface area contributed by atoms with Crippen molar-refractivity contribution in [2.24, 2.45) is 0 Å². The first-order valence-electron chi connectivity index (χ1n) is 6.80. The van der Waals surface area contributed by atoms with E-state index in [1.54, 1.807) is 19.1 Å². The number of nitrogens with zero attached hydrogens (tertiary/aromatic N) is 1. The molecule has 0 heterocycles. The molecule has 0 spiro atoms. The summed E-state index contributed by atoms with van der Waals surface area (Å²) in [5.74, 6) is 0.798. The van der Waals surface area contributed by atoms with E-state index in [-0.39, 0.29) is 5.91 Å². The number of nitrogens with one attached hydrogen (secondary N) is 1. The van der Waals surface area contributed by atoms with Crippen LogP contribution in [0.25, 0.3) is 0 Å². The van der Waals surface area contributed by atoms with Crippen LogP contribution in [-0.4, -0.2) is 32.0 Å². The monoisotopic (exact) mass is 284 g/mol. The molecule has 0 aliphatic heterocycles. The van der Waals surface area contributed by atoms with E-state index < -0.39 is 0 Å². The van der Waals surface area contributed by atoms with Crippen molar-refractivity contribution in [3.05, 3.63) is 59.7 Å². The molecule has 0 radical (unpaired) electrons. The largest absolute Gasteiger partial charge is 0.497 e. The molecule has 0 aliphatic carbocycles. The Morgan fingerprint density at radius 2 is 1.90 bits per heavy atom. The Balaban J connectivity index is 2.07. The molecule has 2 rings (SSSR count). The zero-order valence-corrected chi connectivity index (χ0v) is 12.6. The van der Waals surface area contributed by atoms with E-state index in [1.807, 2.05) is 55.6 Å². The van der Waals surface area contributed by atoms with E-state index in [9.17, 15) is 4.79 Å². The van der Waals surface area contributed by atoms with E-state index in [0.29, 0.717) is 12.1 Å². The van der Waals surface area contributed by atoms with Gasteiger partial charge in [-0.2, -0.15) is 0 Å². The summed E-state index contributed by atoms with van der Waals surface area (Å²) in [4.78, 5) is 14.1. The standard InChI is InChI=1S/C17H20N2O2/c1-18-15-9-7-14(8-10-15)17(20)19(2)12-13-5-4-6-16(11-13)21-3/h4-11,18H,12H2,1-3H3. The van der Waals surface area contributed by atoms with Gasteiger partial charge in [-0.1, -0.05) is 12.1 Å². The molecule has 21 heavy (non-hydrogen) atoms. The number of ether oxygens (including phenoxy) is 1. The number of anilines is 1. The van der Waals surface area contributed by atoms with Crippen molar-refractivity contribution in [2.45, 2.75) is 6.54 Å². The summed E-state index contributed by atoms with van der Waals surface area (Å²) in [6.07, 6.45) is 0. The molecule has 1 N–H and O–H groups in total. The Hall–Kier alpha value is -2.49. The summed E-state index contributed by atoms with van der Waals surface area (Å²) >= 11 is 0. The molecule has 0 saturated heterocycles. The van der Waals surface area contributed by atoms with Gasteiger partial charge < -0.3 is 15.0 Å². The second-order valence-corrected chi connectivity index (χ2v) is 4.84. The molecule has 1 amide bonds. The fourth-order valence-electron chi connectivity index (χ4n) is 2.12. The van der Waals surface area contributed by atoms with Crippen LogP contribution in [0.5, 0.6) is 5.75 Å². The third-order valence-electron chi connectivity index (χ3n) is 3.32. The summed E-state index contributed by atoms with van der Waals surface area (Å²) in [5, 5.41) is 3.04. The minimum atomic E-state index is 0.000438. The molecule has 110 valence electrons. The van der Waals surface area contributed by atoms with Crippen LogP contribution >= 0.6 is 0 Å². The molecule has 0 aliphatic rings. The zero-order valence-electron chi connectivity index (χ0n) is 12.6. The normalized spacial score (nSPS) is 10.0. The Bertz CT molecular complexity index is 608. The number of hydrogen-bond donors (Lipinski definition) is 1. The molecular formula is C17H20N2O2. The van der Waals surface area contributed by atoms with Gasteiger partial charge in [0.2, 0.25) is 0 Å². The van der Waals surface area contributed by atoms with Crippen LogP contribution in [0.1, 0.15) is 15.9 Å². The maximum atomic E-state index is 12.4. The second-order valence-electron chi connectivity index (χ2n) is 4.84. The van der Waals surface area contributed by atoms with Crippen molar-refractivity contribution in [3.8, 4) is 5.75 Å². The number of methoxy groups -OCH3 is 1. The minimum Gasteiger partial charge on any atom is -0.497 e. The lowest BCUT2D eigenvalue weighted by molar-refractivity contribution is 0.0785. The molecular weight excluding hydrogens is 264 g/mol. The van der Waals surface area contributed by atoms with Crippen LogP contribution in [0.2, 0.25) is 0 Å². The van der Waals surface area contributed by atoms with Crippen molar-refractivity contribution >= 4 is 11.6 Å². The fraction of sp³-hybridized carbons (Fsp3) is 0.235. The number of rotatable bonds is 5. The van der Waals surface area contributed by atoms with Crippen molar-refractivity contribution in [3.63, 3.8) is 0 Å². The minimum absolute atomic E-state index is 0.000438. The summed E-state index contributed by atoms with van der Waals surface area (Å²) < 4.78 is 5.20. The van der Waals surface area contributed by atoms with Gasteiger partial charge >= 0.3 is 0 Å². The molecule has 2 aromatic carbocycles. The van der Waals surface area contributed by atoms with Gasteiger partial charge in [-0.25, -0.2) is 0 Å². The van der Waals surface area contributed by atoms with Gasteiger partial charge in [0.25, 0.3) is 5.91 Å². The summed E-state index contributed by atoms with van der Waals surface area (Å²) in [7, 11) is 5.29. The lowest BCUT2D eigenvalue weighted by Crippen LogP contribution is -2.26. The Kier molecular flexibility index (Phi) is 4.82. The smallest absolute Gasteiger partial charge is 0.253 e. The summed E-state index contributed by atoms with van der Waals surface area (Å²) in [5.41, 5.74) is 2.71. The number of amides is 1. The van der Waals surface area contributed by atoms with Crippen LogP contribution in [-0.2, 0) is 6.54 Å². The van der Waals surface area contributed by atoms with Crippen LogP contribution in [0.15, 0.2) is 48.5 Å². The Labute approximate surface area is 125 Å². The average Bonchev–Trinajstić information content (AvgIpc) is 2.54. The van der Waals surface area contributed by atoms with Gasteiger partial charge in [-0.3, -0.25) is 4.79 Å². The van der Waals surface area contributed by atoms with Gasteiger partial charge in [0, 0.05) is 31.9 Å². The molecule has 4 heteroatoms. The topological polar surface area (TPSA) is 41.6 Å². The molecule has 0 bridgehead atoms. The first kappa shape index (κ1) is 14.9. The number of carbonyl (C=O) groups excluding carboxylic acids is 1. The van der Waals surface area contributed by atoms with Gasteiger partial charge in [0.1, 0.15) is 5.75 Å². The quantitative estimate of drug-likeness (QED) is 0.917. The van der Waals surface area contributed by atoms with E-state index >= 15 is 0 Å². The highest BCUT2D eigenvalue weighted by Gasteiger charge is 2.12. The van der Waals surface area contributed by atoms with Crippen LogP contribution in [0, 0.1) is 0 Å². The van der Waals surface area contributed by atoms with E-state index in [1.165, 1.54) is 0 Å². The van der Waals surface area contributed by atoms with Gasteiger partial charge in [0.05, 0.1) is 7.11 Å². The van der Waals surface area contributed by atoms with Gasteiger partial charge in [-0.05, 0) is 42.0 Å². The van der Waals surface area contributed by atoms with Gasteiger partial charge in [-0.15, -0.1) is 0 Å². The SMILES string of the molecule is CNc1ccc(C(=O)N(C)Cc2cccc(OC)c2)cc1. The maximum absolute atomic E-state index is 12.4. The lowest BCUT2D eigenvalue weighted by Gasteiger charge is -2.18. The summed E-state index contributed by atoms with van der Waals surface area (Å²) in [6, 6.07) is 15.2. The van der Waals surface area contributed by atoms with Crippen LogP contribution < -0.4 is 10.1 Å². The molecule has 0 unspecified atom stereocenters. The third-order valence-corrected chi connectivity index (χ3v) is 3.32. The number of carbonyl (C=O) groups is 1. The second kappa shape index (κ2) is 6.79. The fourth-order valence-corrected chi connectivity index (χ4v) is 2.12. The molecule has 0 aromatic heterocycles. The van der Waals surface area contributed by atoms with Crippen molar-refractivity contribution in [1.29, 1.82) is 0 Å². The zero-order chi connectivity index (χ0) is 15.2. The van der Waals surface area contributed by atoms with E-state index in [0.717, 1.165) is 17.0 Å². The third kappa shape index (κ3) is 3.75. The van der Waals surface area contributed by atoms with Crippen molar-refractivity contribution in [1.82, 2.24) is 4.90 Å². The highest BCUT2D eigenvalue weighted by Crippen LogP contribution is 2.16. The number of hydrogen-bond acceptors (Lipinski definition) is 3. The molecule has 0 fully saturated rings. The first-order valence-corrected chi connectivity index (χ1v) is 6.80. The molecule has 0 saturated carbocycles.